The monoisotopic (exact) mass is 357 g/mol. The summed E-state index contributed by atoms with van der Waals surface area (Å²) in [7, 11) is 0. The van der Waals surface area contributed by atoms with Crippen molar-refractivity contribution in [1.29, 1.82) is 0 Å². The van der Waals surface area contributed by atoms with E-state index in [-0.39, 0.29) is 0 Å². The molecule has 1 unspecified atom stereocenters. The second kappa shape index (κ2) is 7.58. The zero-order valence-electron chi connectivity index (χ0n) is 11.4. The fraction of sp³-hybridized carbons (Fsp3) is 0.467. The maximum absolute atomic E-state index is 3.67. The van der Waals surface area contributed by atoms with Gasteiger partial charge in [-0.15, -0.1) is 22.7 Å². The van der Waals surface area contributed by atoms with Crippen LogP contribution < -0.4 is 5.32 Å². The Bertz CT molecular complexity index is 504. The van der Waals surface area contributed by atoms with E-state index in [1.807, 2.05) is 11.3 Å². The molecule has 0 aliphatic heterocycles. The first-order valence-electron chi connectivity index (χ1n) is 6.77. The van der Waals surface area contributed by atoms with Gasteiger partial charge in [0.25, 0.3) is 0 Å². The van der Waals surface area contributed by atoms with Crippen LogP contribution in [0.2, 0.25) is 0 Å². The normalized spacial score (nSPS) is 12.8. The number of thiophene rings is 2. The molecule has 0 fully saturated rings. The Hall–Kier alpha value is -0.160. The van der Waals surface area contributed by atoms with Crippen molar-refractivity contribution in [3.63, 3.8) is 0 Å². The number of hydrogen-bond acceptors (Lipinski definition) is 3. The van der Waals surface area contributed by atoms with E-state index in [1.165, 1.54) is 25.5 Å². The van der Waals surface area contributed by atoms with Crippen molar-refractivity contribution >= 4 is 38.6 Å². The summed E-state index contributed by atoms with van der Waals surface area (Å²) in [5, 5.41) is 5.92. The van der Waals surface area contributed by atoms with Crippen LogP contribution in [-0.4, -0.2) is 6.54 Å². The molecule has 2 aromatic heterocycles. The van der Waals surface area contributed by atoms with Gasteiger partial charge in [-0.1, -0.05) is 13.8 Å². The molecule has 0 aliphatic carbocycles. The van der Waals surface area contributed by atoms with Gasteiger partial charge in [0, 0.05) is 22.2 Å². The second-order valence-electron chi connectivity index (χ2n) is 4.62. The van der Waals surface area contributed by atoms with Crippen molar-refractivity contribution in [3.8, 4) is 0 Å². The van der Waals surface area contributed by atoms with Gasteiger partial charge in [-0.3, -0.25) is 0 Å². The lowest BCUT2D eigenvalue weighted by molar-refractivity contribution is 0.533. The van der Waals surface area contributed by atoms with E-state index in [0.717, 1.165) is 19.4 Å². The Morgan fingerprint density at radius 1 is 1.26 bits per heavy atom. The van der Waals surface area contributed by atoms with Crippen molar-refractivity contribution in [2.45, 2.75) is 39.2 Å². The Kier molecular flexibility index (Phi) is 6.07. The largest absolute Gasteiger partial charge is 0.310 e. The summed E-state index contributed by atoms with van der Waals surface area (Å²) >= 11 is 7.28. The third-order valence-electron chi connectivity index (χ3n) is 3.10. The molecule has 0 aliphatic rings. The van der Waals surface area contributed by atoms with Crippen LogP contribution in [-0.2, 0) is 12.8 Å². The van der Waals surface area contributed by atoms with Crippen molar-refractivity contribution in [2.75, 3.05) is 6.54 Å². The first kappa shape index (κ1) is 15.2. The van der Waals surface area contributed by atoms with Crippen molar-refractivity contribution < 1.29 is 0 Å². The highest BCUT2D eigenvalue weighted by Gasteiger charge is 2.14. The summed E-state index contributed by atoms with van der Waals surface area (Å²) in [6, 6.07) is 7.23. The number of halogens is 1. The van der Waals surface area contributed by atoms with E-state index in [4.69, 9.17) is 0 Å². The molecule has 1 nitrogen and oxygen atoms in total. The van der Waals surface area contributed by atoms with Crippen LogP contribution >= 0.6 is 38.6 Å². The molecule has 0 amide bonds. The number of nitrogens with one attached hydrogen (secondary N) is 1. The molecule has 104 valence electrons. The van der Waals surface area contributed by atoms with E-state index in [0.29, 0.717) is 6.04 Å². The molecular weight excluding hydrogens is 338 g/mol. The van der Waals surface area contributed by atoms with E-state index in [2.05, 4.69) is 58.7 Å². The Labute approximate surface area is 132 Å². The van der Waals surface area contributed by atoms with Gasteiger partial charge >= 0.3 is 0 Å². The summed E-state index contributed by atoms with van der Waals surface area (Å²) in [5.74, 6) is 0. The molecule has 1 atom stereocenters. The molecular formula is C15H20BrNS2. The third kappa shape index (κ3) is 4.42. The van der Waals surface area contributed by atoms with E-state index in [9.17, 15) is 0 Å². The summed E-state index contributed by atoms with van der Waals surface area (Å²) in [6.45, 7) is 5.51. The van der Waals surface area contributed by atoms with Crippen LogP contribution in [0.1, 0.15) is 41.6 Å². The standard InChI is InChI=1S/C15H20BrNS2/c1-3-7-17-14(11-8-15(16)18-10-11)9-13-6-5-12(4-2)19-13/h5-6,8,10,14,17H,3-4,7,9H2,1-2H3. The SMILES string of the molecule is CCCNC(Cc1ccc(CC)s1)c1csc(Br)c1. The van der Waals surface area contributed by atoms with Gasteiger partial charge in [-0.25, -0.2) is 0 Å². The lowest BCUT2D eigenvalue weighted by atomic mass is 10.1. The quantitative estimate of drug-likeness (QED) is 0.697. The molecule has 0 saturated heterocycles. The van der Waals surface area contributed by atoms with Crippen LogP contribution in [0, 0.1) is 0 Å². The molecule has 0 radical (unpaired) electrons. The van der Waals surface area contributed by atoms with Crippen molar-refractivity contribution in [3.05, 3.63) is 42.7 Å². The van der Waals surface area contributed by atoms with Gasteiger partial charge < -0.3 is 5.32 Å². The molecule has 2 aromatic rings. The second-order valence-corrected chi connectivity index (χ2v) is 8.16. The van der Waals surface area contributed by atoms with Gasteiger partial charge in [0.1, 0.15) is 0 Å². The van der Waals surface area contributed by atoms with E-state index >= 15 is 0 Å². The zero-order chi connectivity index (χ0) is 13.7. The van der Waals surface area contributed by atoms with Crippen LogP contribution in [0.15, 0.2) is 27.4 Å². The third-order valence-corrected chi connectivity index (χ3v) is 5.88. The molecule has 1 N–H and O–H groups in total. The number of rotatable bonds is 7. The van der Waals surface area contributed by atoms with Crippen LogP contribution in [0.3, 0.4) is 0 Å². The molecule has 19 heavy (non-hydrogen) atoms. The molecule has 0 aromatic carbocycles. The molecule has 4 heteroatoms. The Morgan fingerprint density at radius 3 is 2.63 bits per heavy atom. The summed E-state index contributed by atoms with van der Waals surface area (Å²) in [5.41, 5.74) is 1.40. The lowest BCUT2D eigenvalue weighted by Crippen LogP contribution is -2.23. The minimum absolute atomic E-state index is 0.436. The maximum Gasteiger partial charge on any atom is 0.0701 e. The summed E-state index contributed by atoms with van der Waals surface area (Å²) < 4.78 is 1.21. The van der Waals surface area contributed by atoms with Crippen LogP contribution in [0.25, 0.3) is 0 Å². The Morgan fingerprint density at radius 2 is 2.05 bits per heavy atom. The predicted octanol–water partition coefficient (Wildman–Crippen LogP) is 5.42. The lowest BCUT2D eigenvalue weighted by Gasteiger charge is -2.16. The summed E-state index contributed by atoms with van der Waals surface area (Å²) in [6.07, 6.45) is 3.40. The first-order chi connectivity index (χ1) is 9.22. The van der Waals surface area contributed by atoms with Crippen LogP contribution in [0.5, 0.6) is 0 Å². The highest BCUT2D eigenvalue weighted by atomic mass is 79.9. The highest BCUT2D eigenvalue weighted by molar-refractivity contribution is 9.11. The highest BCUT2D eigenvalue weighted by Crippen LogP contribution is 2.29. The van der Waals surface area contributed by atoms with Crippen LogP contribution in [0.4, 0.5) is 0 Å². The minimum Gasteiger partial charge on any atom is -0.310 e. The molecule has 0 saturated carbocycles. The smallest absolute Gasteiger partial charge is 0.0701 e. The van der Waals surface area contributed by atoms with Crippen molar-refractivity contribution in [2.24, 2.45) is 0 Å². The van der Waals surface area contributed by atoms with E-state index < -0.39 is 0 Å². The molecule has 0 spiro atoms. The van der Waals surface area contributed by atoms with Gasteiger partial charge in [0.15, 0.2) is 0 Å². The molecule has 0 bridgehead atoms. The minimum atomic E-state index is 0.436. The van der Waals surface area contributed by atoms with Gasteiger partial charge in [0.05, 0.1) is 3.79 Å². The summed E-state index contributed by atoms with van der Waals surface area (Å²) in [4.78, 5) is 2.96. The predicted molar refractivity (Wildman–Crippen MR) is 90.5 cm³/mol. The van der Waals surface area contributed by atoms with Gasteiger partial charge in [0.2, 0.25) is 0 Å². The number of hydrogen-bond donors (Lipinski definition) is 1. The molecule has 2 heterocycles. The average molecular weight is 358 g/mol. The van der Waals surface area contributed by atoms with Gasteiger partial charge in [-0.2, -0.15) is 0 Å². The fourth-order valence-corrected chi connectivity index (χ4v) is 4.29. The number of aryl methyl sites for hydroxylation is 1. The van der Waals surface area contributed by atoms with Crippen molar-refractivity contribution in [1.82, 2.24) is 5.32 Å². The molecule has 2 rings (SSSR count). The fourth-order valence-electron chi connectivity index (χ4n) is 2.06. The Balaban J connectivity index is 2.09. The topological polar surface area (TPSA) is 12.0 Å². The zero-order valence-corrected chi connectivity index (χ0v) is 14.6. The van der Waals surface area contributed by atoms with E-state index in [1.54, 1.807) is 11.3 Å². The average Bonchev–Trinajstić information content (AvgIpc) is 3.03. The van der Waals surface area contributed by atoms with Gasteiger partial charge in [-0.05, 0) is 64.5 Å². The first-order valence-corrected chi connectivity index (χ1v) is 9.26. The maximum atomic E-state index is 3.67.